The van der Waals surface area contributed by atoms with Crippen molar-refractivity contribution in [2.75, 3.05) is 0 Å². The normalized spacial score (nSPS) is 12.0. The maximum atomic E-state index is 12.9. The number of hydrogen-bond acceptors (Lipinski definition) is 3. The van der Waals surface area contributed by atoms with Gasteiger partial charge in [-0.3, -0.25) is 4.79 Å². The highest BCUT2D eigenvalue weighted by Gasteiger charge is 2.32. The Morgan fingerprint density at radius 2 is 1.61 bits per heavy atom. The number of carboxylic acids is 1. The van der Waals surface area contributed by atoms with E-state index in [1.54, 1.807) is 18.2 Å². The lowest BCUT2D eigenvalue weighted by Gasteiger charge is -2.11. The largest absolute Gasteiger partial charge is 0.477 e. The van der Waals surface area contributed by atoms with E-state index in [1.165, 1.54) is 24.3 Å². The van der Waals surface area contributed by atoms with E-state index in [0.717, 1.165) is 6.08 Å². The number of carbonyl (C=O) groups is 2. The summed E-state index contributed by atoms with van der Waals surface area (Å²) in [4.78, 5) is 23.7. The quantitative estimate of drug-likeness (QED) is 0.440. The van der Waals surface area contributed by atoms with Gasteiger partial charge in [-0.05, 0) is 36.4 Å². The highest BCUT2D eigenvalue weighted by molar-refractivity contribution is 6.39. The molecule has 0 aliphatic heterocycles. The summed E-state index contributed by atoms with van der Waals surface area (Å²) in [7, 11) is 0. The van der Waals surface area contributed by atoms with Crippen LogP contribution in [0.4, 0.5) is 13.2 Å². The maximum Gasteiger partial charge on any atom is 0.416 e. The molecule has 0 unspecified atom stereocenters. The van der Waals surface area contributed by atoms with Gasteiger partial charge < -0.3 is 14.8 Å². The highest BCUT2D eigenvalue weighted by Crippen LogP contribution is 2.41. The fourth-order valence-corrected chi connectivity index (χ4v) is 3.29. The van der Waals surface area contributed by atoms with Crippen LogP contribution in [-0.2, 0) is 11.0 Å². The van der Waals surface area contributed by atoms with Crippen molar-refractivity contribution in [3.05, 3.63) is 87.2 Å². The number of amides is 1. The van der Waals surface area contributed by atoms with Crippen molar-refractivity contribution in [3.63, 3.8) is 0 Å². The number of nitrogens with one attached hydrogen (secondary N) is 1. The van der Waals surface area contributed by atoms with E-state index in [9.17, 15) is 27.9 Å². The van der Waals surface area contributed by atoms with Gasteiger partial charge in [0, 0.05) is 11.6 Å². The van der Waals surface area contributed by atoms with Crippen LogP contribution in [0.25, 0.3) is 17.4 Å². The molecule has 160 valence electrons. The van der Waals surface area contributed by atoms with Gasteiger partial charge >= 0.3 is 12.1 Å². The summed E-state index contributed by atoms with van der Waals surface area (Å²) in [6.07, 6.45) is -3.57. The Balaban J connectivity index is 1.91. The van der Waals surface area contributed by atoms with Crippen LogP contribution in [0.3, 0.4) is 0 Å². The van der Waals surface area contributed by atoms with Crippen molar-refractivity contribution in [1.82, 2.24) is 5.32 Å². The second-order valence-corrected chi connectivity index (χ2v) is 7.01. The summed E-state index contributed by atoms with van der Waals surface area (Å²) < 4.78 is 44.2. The average molecular weight is 470 g/mol. The standard InChI is InChI=1S/C21H12Cl2F3NO4/c22-14-8-12(21(24,25)26)9-15(23)18(14)17-7-6-13(31-17)10-16(20(29)30)27-19(28)11-4-2-1-3-5-11/h1-10H,(H,27,28)(H,29,30)/b16-10-. The van der Waals surface area contributed by atoms with Crippen LogP contribution < -0.4 is 5.32 Å². The van der Waals surface area contributed by atoms with Crippen LogP contribution in [0, 0.1) is 0 Å². The molecule has 1 heterocycles. The Morgan fingerprint density at radius 1 is 1.00 bits per heavy atom. The number of hydrogen-bond donors (Lipinski definition) is 2. The molecule has 0 spiro atoms. The molecule has 0 aliphatic rings. The lowest BCUT2D eigenvalue weighted by molar-refractivity contribution is -0.137. The first-order valence-electron chi connectivity index (χ1n) is 8.54. The predicted molar refractivity (Wildman–Crippen MR) is 109 cm³/mol. The van der Waals surface area contributed by atoms with Gasteiger partial charge in [-0.1, -0.05) is 41.4 Å². The average Bonchev–Trinajstić information content (AvgIpc) is 3.14. The zero-order chi connectivity index (χ0) is 22.8. The molecule has 3 rings (SSSR count). The first kappa shape index (κ1) is 22.5. The van der Waals surface area contributed by atoms with Gasteiger partial charge in [0.1, 0.15) is 17.2 Å². The third kappa shape index (κ3) is 5.28. The molecule has 10 heteroatoms. The molecule has 0 saturated carbocycles. The molecule has 0 atom stereocenters. The monoisotopic (exact) mass is 469 g/mol. The molecule has 1 aromatic heterocycles. The maximum absolute atomic E-state index is 12.9. The molecule has 0 fully saturated rings. The number of aliphatic carboxylic acids is 1. The highest BCUT2D eigenvalue weighted by atomic mass is 35.5. The minimum atomic E-state index is -4.63. The van der Waals surface area contributed by atoms with Gasteiger partial charge in [-0.2, -0.15) is 13.2 Å². The minimum Gasteiger partial charge on any atom is -0.477 e. The van der Waals surface area contributed by atoms with E-state index in [0.29, 0.717) is 12.1 Å². The van der Waals surface area contributed by atoms with Gasteiger partial charge in [-0.15, -0.1) is 0 Å². The van der Waals surface area contributed by atoms with E-state index in [4.69, 9.17) is 27.6 Å². The Labute approximate surface area is 183 Å². The number of benzene rings is 2. The number of furan rings is 1. The molecule has 0 saturated heterocycles. The molecule has 0 radical (unpaired) electrons. The smallest absolute Gasteiger partial charge is 0.416 e. The molecular weight excluding hydrogens is 458 g/mol. The zero-order valence-corrected chi connectivity index (χ0v) is 16.8. The summed E-state index contributed by atoms with van der Waals surface area (Å²) in [5.41, 5.74) is -1.23. The van der Waals surface area contributed by atoms with Crippen molar-refractivity contribution in [2.45, 2.75) is 6.18 Å². The number of carbonyl (C=O) groups excluding carboxylic acids is 1. The van der Waals surface area contributed by atoms with Crippen molar-refractivity contribution < 1.29 is 32.3 Å². The van der Waals surface area contributed by atoms with Crippen LogP contribution >= 0.6 is 23.2 Å². The number of rotatable bonds is 5. The Morgan fingerprint density at radius 3 is 2.16 bits per heavy atom. The first-order chi connectivity index (χ1) is 14.6. The van der Waals surface area contributed by atoms with Crippen LogP contribution in [-0.4, -0.2) is 17.0 Å². The third-order valence-corrected chi connectivity index (χ3v) is 4.64. The Bertz CT molecular complexity index is 1150. The van der Waals surface area contributed by atoms with Crippen LogP contribution in [0.5, 0.6) is 0 Å². The van der Waals surface area contributed by atoms with Crippen LogP contribution in [0.15, 0.2) is 64.7 Å². The van der Waals surface area contributed by atoms with Gasteiger partial charge in [0.15, 0.2) is 0 Å². The second kappa shape index (κ2) is 8.87. The second-order valence-electron chi connectivity index (χ2n) is 6.20. The molecule has 5 nitrogen and oxygen atoms in total. The summed E-state index contributed by atoms with van der Waals surface area (Å²) >= 11 is 11.9. The third-order valence-electron chi connectivity index (χ3n) is 4.04. The molecule has 31 heavy (non-hydrogen) atoms. The summed E-state index contributed by atoms with van der Waals surface area (Å²) in [6, 6.07) is 12.1. The molecular formula is C21H12Cl2F3NO4. The number of halogens is 5. The van der Waals surface area contributed by atoms with E-state index in [2.05, 4.69) is 5.32 Å². The number of carboxylic acid groups (broad SMARTS) is 1. The van der Waals surface area contributed by atoms with E-state index in [-0.39, 0.29) is 32.7 Å². The predicted octanol–water partition coefficient (Wildman–Crippen LogP) is 6.13. The zero-order valence-electron chi connectivity index (χ0n) is 15.3. The summed E-state index contributed by atoms with van der Waals surface area (Å²) in [6.45, 7) is 0. The lowest BCUT2D eigenvalue weighted by Crippen LogP contribution is -2.27. The number of alkyl halides is 3. The summed E-state index contributed by atoms with van der Waals surface area (Å²) in [5.74, 6) is -2.04. The van der Waals surface area contributed by atoms with Crippen molar-refractivity contribution >= 4 is 41.2 Å². The molecule has 0 aliphatic carbocycles. The van der Waals surface area contributed by atoms with E-state index >= 15 is 0 Å². The van der Waals surface area contributed by atoms with E-state index < -0.39 is 29.3 Å². The van der Waals surface area contributed by atoms with Gasteiger partial charge in [0.2, 0.25) is 0 Å². The Hall–Kier alpha value is -3.23. The summed E-state index contributed by atoms with van der Waals surface area (Å²) in [5, 5.41) is 11.1. The molecule has 1 amide bonds. The van der Waals surface area contributed by atoms with Crippen LogP contribution in [0.2, 0.25) is 10.0 Å². The van der Waals surface area contributed by atoms with Crippen LogP contribution in [0.1, 0.15) is 21.7 Å². The van der Waals surface area contributed by atoms with Crippen molar-refractivity contribution in [2.24, 2.45) is 0 Å². The van der Waals surface area contributed by atoms with Gasteiger partial charge in [-0.25, -0.2) is 4.79 Å². The SMILES string of the molecule is O=C(O)/C(=C/c1ccc(-c2c(Cl)cc(C(F)(F)F)cc2Cl)o1)NC(=O)c1ccccc1. The first-order valence-corrected chi connectivity index (χ1v) is 9.29. The van der Waals surface area contributed by atoms with Gasteiger partial charge in [0.05, 0.1) is 21.2 Å². The fourth-order valence-electron chi connectivity index (χ4n) is 2.61. The topological polar surface area (TPSA) is 79.5 Å². The lowest BCUT2D eigenvalue weighted by atomic mass is 10.1. The van der Waals surface area contributed by atoms with Crippen molar-refractivity contribution in [1.29, 1.82) is 0 Å². The van der Waals surface area contributed by atoms with E-state index in [1.807, 2.05) is 0 Å². The minimum absolute atomic E-state index is 0.00722. The molecule has 2 aromatic carbocycles. The molecule has 3 aromatic rings. The van der Waals surface area contributed by atoms with Crippen molar-refractivity contribution in [3.8, 4) is 11.3 Å². The molecule has 0 bridgehead atoms. The Kier molecular flexibility index (Phi) is 6.42. The fraction of sp³-hybridized carbons (Fsp3) is 0.0476. The van der Waals surface area contributed by atoms with Gasteiger partial charge in [0.25, 0.3) is 5.91 Å². The molecule has 2 N–H and O–H groups in total.